The third-order valence-corrected chi connectivity index (χ3v) is 6.89. The van der Waals surface area contributed by atoms with Crippen LogP contribution in [0.2, 0.25) is 5.02 Å². The van der Waals surface area contributed by atoms with Crippen molar-refractivity contribution in [2.45, 2.75) is 31.8 Å². The molecular weight excluding hydrogens is 462 g/mol. The summed E-state index contributed by atoms with van der Waals surface area (Å²) in [5.41, 5.74) is 1.21. The van der Waals surface area contributed by atoms with Crippen LogP contribution in [0.4, 0.5) is 5.95 Å². The lowest BCUT2D eigenvalue weighted by molar-refractivity contribution is -0.132. The van der Waals surface area contributed by atoms with Gasteiger partial charge in [-0.1, -0.05) is 53.3 Å². The van der Waals surface area contributed by atoms with Gasteiger partial charge in [0.15, 0.2) is 11.3 Å². The monoisotopic (exact) mass is 485 g/mol. The Balaban J connectivity index is 1.39. The summed E-state index contributed by atoms with van der Waals surface area (Å²) in [6, 6.07) is 9.56. The highest BCUT2D eigenvalue weighted by molar-refractivity contribution is 7.14. The van der Waals surface area contributed by atoms with Gasteiger partial charge in [0.1, 0.15) is 10.7 Å². The molecule has 172 valence electrons. The highest BCUT2D eigenvalue weighted by atomic mass is 35.5. The third-order valence-electron chi connectivity index (χ3n) is 5.68. The maximum absolute atomic E-state index is 11.9. The Bertz CT molecular complexity index is 1140. The summed E-state index contributed by atoms with van der Waals surface area (Å²) >= 11 is 7.79. The van der Waals surface area contributed by atoms with E-state index in [0.717, 1.165) is 10.6 Å². The van der Waals surface area contributed by atoms with Crippen molar-refractivity contribution in [2.75, 3.05) is 25.1 Å². The lowest BCUT2D eigenvalue weighted by Crippen LogP contribution is -2.51. The summed E-state index contributed by atoms with van der Waals surface area (Å²) in [5.74, 6) is -0.00971. The average molecular weight is 486 g/mol. The third kappa shape index (κ3) is 5.25. The molecule has 9 nitrogen and oxygen atoms in total. The number of benzene rings is 1. The van der Waals surface area contributed by atoms with Crippen LogP contribution in [0, 0.1) is 0 Å². The molecule has 1 unspecified atom stereocenters. The Morgan fingerprint density at radius 1 is 1.33 bits per heavy atom. The summed E-state index contributed by atoms with van der Waals surface area (Å²) in [6.45, 7) is 5.57. The van der Waals surface area contributed by atoms with E-state index in [-0.39, 0.29) is 0 Å². The maximum Gasteiger partial charge on any atom is 0.223 e. The van der Waals surface area contributed by atoms with Gasteiger partial charge < -0.3 is 5.32 Å². The van der Waals surface area contributed by atoms with Crippen molar-refractivity contribution in [1.29, 1.82) is 0 Å². The molecule has 1 aromatic carbocycles. The van der Waals surface area contributed by atoms with Crippen LogP contribution in [0.1, 0.15) is 24.4 Å². The second-order valence-electron chi connectivity index (χ2n) is 8.21. The smallest absolute Gasteiger partial charge is 0.223 e. The molecule has 0 spiro atoms. The van der Waals surface area contributed by atoms with E-state index >= 15 is 0 Å². The van der Waals surface area contributed by atoms with Crippen LogP contribution in [-0.2, 0) is 16.0 Å². The Hall–Kier alpha value is -2.79. The van der Waals surface area contributed by atoms with Crippen LogP contribution in [0.3, 0.4) is 0 Å². The number of aldehydes is 1. The van der Waals surface area contributed by atoms with Crippen LogP contribution in [0.25, 0.3) is 10.7 Å². The van der Waals surface area contributed by atoms with Crippen molar-refractivity contribution in [3.8, 4) is 10.7 Å². The number of halogens is 1. The summed E-state index contributed by atoms with van der Waals surface area (Å²) in [6.07, 6.45) is 2.62. The van der Waals surface area contributed by atoms with Crippen molar-refractivity contribution < 1.29 is 9.59 Å². The van der Waals surface area contributed by atoms with Crippen molar-refractivity contribution in [3.05, 3.63) is 52.1 Å². The number of rotatable bonds is 9. The van der Waals surface area contributed by atoms with Crippen molar-refractivity contribution >= 4 is 41.0 Å². The molecule has 1 fully saturated rings. The second kappa shape index (κ2) is 10.0. The molecule has 1 aliphatic rings. The molecule has 4 rings (SSSR count). The first-order valence-corrected chi connectivity index (χ1v) is 11.7. The summed E-state index contributed by atoms with van der Waals surface area (Å²) in [5, 5.41) is 16.8. The molecule has 0 bridgehead atoms. The lowest BCUT2D eigenvalue weighted by Gasteiger charge is -2.33. The first-order valence-electron chi connectivity index (χ1n) is 10.5. The number of hydrogen-bond acceptors (Lipinski definition) is 10. The van der Waals surface area contributed by atoms with Crippen LogP contribution >= 0.6 is 22.9 Å². The molecule has 11 heteroatoms. The zero-order valence-corrected chi connectivity index (χ0v) is 19.9. The number of hydrogen-bond donors (Lipinski definition) is 2. The molecular formula is C22H24ClN7O2S. The molecule has 0 aliphatic carbocycles. The zero-order valence-electron chi connectivity index (χ0n) is 18.3. The van der Waals surface area contributed by atoms with Gasteiger partial charge in [0, 0.05) is 31.7 Å². The summed E-state index contributed by atoms with van der Waals surface area (Å²) in [4.78, 5) is 33.7. The average Bonchev–Trinajstić information content (AvgIpc) is 3.39. The minimum absolute atomic E-state index is 0.378. The molecule has 0 radical (unpaired) electrons. The number of aromatic nitrogens is 4. The van der Waals surface area contributed by atoms with Gasteiger partial charge in [-0.3, -0.25) is 19.8 Å². The number of carbonyl (C=O) groups excluding carboxylic acids is 2. The highest BCUT2D eigenvalue weighted by Gasteiger charge is 2.44. The Kier molecular flexibility index (Phi) is 7.08. The number of nitrogens with one attached hydrogen (secondary N) is 2. The number of carbonyl (C=O) groups is 2. The minimum Gasteiger partial charge on any atom is -0.353 e. The Morgan fingerprint density at radius 2 is 2.12 bits per heavy atom. The predicted octanol–water partition coefficient (Wildman–Crippen LogP) is 2.43. The largest absolute Gasteiger partial charge is 0.353 e. The molecule has 3 aromatic rings. The number of ketones is 1. The fourth-order valence-corrected chi connectivity index (χ4v) is 4.93. The summed E-state index contributed by atoms with van der Waals surface area (Å²) < 4.78 is 0. The Morgan fingerprint density at radius 3 is 2.88 bits per heavy atom. The highest BCUT2D eigenvalue weighted by Crippen LogP contribution is 2.30. The van der Waals surface area contributed by atoms with Gasteiger partial charge in [-0.05, 0) is 19.4 Å². The van der Waals surface area contributed by atoms with Gasteiger partial charge in [-0.25, -0.2) is 9.97 Å². The van der Waals surface area contributed by atoms with Crippen LogP contribution in [0.15, 0.2) is 36.5 Å². The van der Waals surface area contributed by atoms with Crippen molar-refractivity contribution in [1.82, 2.24) is 30.4 Å². The minimum atomic E-state index is -0.518. The molecule has 0 saturated carbocycles. The predicted molar refractivity (Wildman–Crippen MR) is 127 cm³/mol. The molecule has 33 heavy (non-hydrogen) atoms. The first kappa shape index (κ1) is 23.4. The van der Waals surface area contributed by atoms with E-state index in [4.69, 9.17) is 11.6 Å². The van der Waals surface area contributed by atoms with Gasteiger partial charge in [0.2, 0.25) is 11.7 Å². The number of nitrogens with zero attached hydrogens (tertiary/aromatic N) is 5. The fourth-order valence-electron chi connectivity index (χ4n) is 3.82. The SMILES string of the molecule is CC1(C)C(C(=O)C=O)NCN1CCNc1ncc(Cl)c(-c2nnc(Cc3ccccc3)s2)n1. The van der Waals surface area contributed by atoms with Crippen molar-refractivity contribution in [2.24, 2.45) is 0 Å². The van der Waals surface area contributed by atoms with Gasteiger partial charge in [-0.2, -0.15) is 0 Å². The van der Waals surface area contributed by atoms with Gasteiger partial charge in [-0.15, -0.1) is 10.2 Å². The quantitative estimate of drug-likeness (QED) is 0.348. The lowest BCUT2D eigenvalue weighted by atomic mass is 9.92. The summed E-state index contributed by atoms with van der Waals surface area (Å²) in [7, 11) is 0. The molecule has 2 N–H and O–H groups in total. The van der Waals surface area contributed by atoms with Crippen LogP contribution in [0.5, 0.6) is 0 Å². The molecule has 1 aliphatic heterocycles. The number of anilines is 1. The van der Waals surface area contributed by atoms with E-state index in [1.54, 1.807) is 6.20 Å². The molecule has 3 heterocycles. The van der Waals surface area contributed by atoms with E-state index in [1.807, 2.05) is 32.0 Å². The Labute approximate surface area is 200 Å². The van der Waals surface area contributed by atoms with Crippen LogP contribution in [-0.4, -0.2) is 68.5 Å². The normalized spacial score (nSPS) is 17.7. The van der Waals surface area contributed by atoms with E-state index in [1.165, 1.54) is 11.3 Å². The maximum atomic E-state index is 11.9. The second-order valence-corrected chi connectivity index (χ2v) is 9.68. The zero-order chi connectivity index (χ0) is 23.4. The molecule has 1 atom stereocenters. The van der Waals surface area contributed by atoms with Crippen molar-refractivity contribution in [3.63, 3.8) is 0 Å². The van der Waals surface area contributed by atoms with E-state index in [9.17, 15) is 9.59 Å². The van der Waals surface area contributed by atoms with Gasteiger partial charge in [0.05, 0.1) is 17.3 Å². The topological polar surface area (TPSA) is 113 Å². The molecule has 0 amide bonds. The fraction of sp³-hybridized carbons (Fsp3) is 0.364. The van der Waals surface area contributed by atoms with Gasteiger partial charge in [0.25, 0.3) is 0 Å². The molecule has 1 saturated heterocycles. The first-order chi connectivity index (χ1) is 15.9. The van der Waals surface area contributed by atoms with E-state index < -0.39 is 17.4 Å². The standard InChI is InChI=1S/C22H24ClN7O2S/c1-22(2)19(16(32)12-31)26-13-30(22)9-8-24-21-25-11-15(23)18(27-21)20-29-28-17(33-20)10-14-6-4-3-5-7-14/h3-7,11-12,19,26H,8-10,13H2,1-2H3,(H,24,25,27). The van der Waals surface area contributed by atoms with Crippen LogP contribution < -0.4 is 10.6 Å². The molecule has 2 aromatic heterocycles. The van der Waals surface area contributed by atoms with E-state index in [0.29, 0.717) is 54.1 Å². The van der Waals surface area contributed by atoms with Gasteiger partial charge >= 0.3 is 0 Å². The number of Topliss-reactive ketones (excluding diaryl/α,β-unsaturated/α-hetero) is 1. The van der Waals surface area contributed by atoms with E-state index in [2.05, 4.69) is 47.8 Å².